The Morgan fingerprint density at radius 3 is 2.58 bits per heavy atom. The van der Waals surface area contributed by atoms with Gasteiger partial charge in [0, 0.05) is 16.7 Å². The molecule has 1 aromatic rings. The van der Waals surface area contributed by atoms with Gasteiger partial charge < -0.3 is 10.4 Å². The molecular formula is C15H21ClN2O4S2. The summed E-state index contributed by atoms with van der Waals surface area (Å²) in [5.41, 5.74) is 0.215. The molecule has 24 heavy (non-hydrogen) atoms. The van der Waals surface area contributed by atoms with Gasteiger partial charge in [0.2, 0.25) is 10.0 Å². The summed E-state index contributed by atoms with van der Waals surface area (Å²) in [4.78, 5) is 12.7. The van der Waals surface area contributed by atoms with Crippen molar-refractivity contribution < 1.29 is 18.3 Å². The Bertz CT molecular complexity index is 704. The summed E-state index contributed by atoms with van der Waals surface area (Å²) >= 11 is 7.61. The van der Waals surface area contributed by atoms with Crippen LogP contribution in [0.3, 0.4) is 0 Å². The molecule has 1 amide bonds. The fourth-order valence-electron chi connectivity index (χ4n) is 2.66. The zero-order valence-electron chi connectivity index (χ0n) is 13.1. The van der Waals surface area contributed by atoms with E-state index in [9.17, 15) is 13.2 Å². The highest BCUT2D eigenvalue weighted by atomic mass is 35.5. The number of benzene rings is 1. The SMILES string of the molecule is NS(=O)(=O)c1cc(C(=O)NCCO)c(SC2CCCCC2)cc1Cl. The van der Waals surface area contributed by atoms with Gasteiger partial charge in [0.1, 0.15) is 4.90 Å². The second-order valence-corrected chi connectivity index (χ2v) is 8.96. The first kappa shape index (κ1) is 19.5. The minimum absolute atomic E-state index is 0.00881. The molecule has 9 heteroatoms. The molecule has 0 bridgehead atoms. The maximum atomic E-state index is 12.3. The molecule has 1 aliphatic carbocycles. The van der Waals surface area contributed by atoms with E-state index in [1.165, 1.54) is 18.6 Å². The van der Waals surface area contributed by atoms with Crippen LogP contribution in [0.2, 0.25) is 5.02 Å². The maximum Gasteiger partial charge on any atom is 0.252 e. The number of carbonyl (C=O) groups excluding carboxylic acids is 1. The molecule has 0 spiro atoms. The van der Waals surface area contributed by atoms with Crippen LogP contribution in [0, 0.1) is 0 Å². The molecule has 2 rings (SSSR count). The fourth-order valence-corrected chi connectivity index (χ4v) is 5.21. The molecule has 1 aromatic carbocycles. The molecule has 0 saturated heterocycles. The van der Waals surface area contributed by atoms with Crippen molar-refractivity contribution in [3.05, 3.63) is 22.7 Å². The highest BCUT2D eigenvalue weighted by Gasteiger charge is 2.23. The number of primary sulfonamides is 1. The van der Waals surface area contributed by atoms with Crippen LogP contribution in [0.25, 0.3) is 0 Å². The maximum absolute atomic E-state index is 12.3. The van der Waals surface area contributed by atoms with Crippen molar-refractivity contribution in [3.63, 3.8) is 0 Å². The van der Waals surface area contributed by atoms with E-state index in [1.807, 2.05) is 0 Å². The molecule has 1 aliphatic rings. The summed E-state index contributed by atoms with van der Waals surface area (Å²) in [5, 5.41) is 17.0. The smallest absolute Gasteiger partial charge is 0.252 e. The number of hydrogen-bond acceptors (Lipinski definition) is 5. The van der Waals surface area contributed by atoms with Gasteiger partial charge in [-0.1, -0.05) is 30.9 Å². The normalized spacial score (nSPS) is 16.1. The van der Waals surface area contributed by atoms with E-state index in [-0.39, 0.29) is 28.6 Å². The minimum atomic E-state index is -4.03. The van der Waals surface area contributed by atoms with Gasteiger partial charge >= 0.3 is 0 Å². The first-order valence-corrected chi connectivity index (χ1v) is 10.6. The average Bonchev–Trinajstić information content (AvgIpc) is 2.52. The standard InChI is InChI=1S/C15H21ClN2O4S2/c16-12-9-13(23-10-4-2-1-3-5-10)11(15(20)18-6-7-19)8-14(12)24(17,21)22/h8-10,19H,1-7H2,(H,18,20)(H2,17,21,22). The molecule has 4 N–H and O–H groups in total. The topological polar surface area (TPSA) is 109 Å². The van der Waals surface area contributed by atoms with Crippen LogP contribution in [0.1, 0.15) is 42.5 Å². The molecule has 0 heterocycles. The molecular weight excluding hydrogens is 372 g/mol. The van der Waals surface area contributed by atoms with E-state index in [4.69, 9.17) is 21.8 Å². The Labute approximate surface area is 151 Å². The lowest BCUT2D eigenvalue weighted by Gasteiger charge is -2.22. The van der Waals surface area contributed by atoms with Gasteiger partial charge in [0.15, 0.2) is 0 Å². The summed E-state index contributed by atoms with van der Waals surface area (Å²) in [7, 11) is -4.03. The second kappa shape index (κ2) is 8.53. The van der Waals surface area contributed by atoms with Gasteiger partial charge in [0.05, 0.1) is 17.2 Å². The molecule has 134 valence electrons. The molecule has 6 nitrogen and oxygen atoms in total. The summed E-state index contributed by atoms with van der Waals surface area (Å²) in [5.74, 6) is -0.455. The number of halogens is 1. The highest BCUT2D eigenvalue weighted by molar-refractivity contribution is 8.00. The number of nitrogens with two attached hydrogens (primary N) is 1. The van der Waals surface area contributed by atoms with Crippen LogP contribution in [-0.2, 0) is 10.0 Å². The predicted molar refractivity (Wildman–Crippen MR) is 95.0 cm³/mol. The third-order valence-electron chi connectivity index (χ3n) is 3.83. The second-order valence-electron chi connectivity index (χ2n) is 5.68. The molecule has 0 unspecified atom stereocenters. The number of carbonyl (C=O) groups is 1. The molecule has 0 radical (unpaired) electrons. The molecule has 0 atom stereocenters. The highest BCUT2D eigenvalue weighted by Crippen LogP contribution is 2.38. The van der Waals surface area contributed by atoms with E-state index in [2.05, 4.69) is 5.32 Å². The van der Waals surface area contributed by atoms with Gasteiger partial charge in [-0.15, -0.1) is 11.8 Å². The molecule has 0 aliphatic heterocycles. The number of hydrogen-bond donors (Lipinski definition) is 3. The van der Waals surface area contributed by atoms with Gasteiger partial charge in [-0.3, -0.25) is 4.79 Å². The number of thioether (sulfide) groups is 1. The van der Waals surface area contributed by atoms with Crippen molar-refractivity contribution in [1.29, 1.82) is 0 Å². The van der Waals surface area contributed by atoms with Crippen LogP contribution in [0.5, 0.6) is 0 Å². The van der Waals surface area contributed by atoms with E-state index < -0.39 is 15.9 Å². The van der Waals surface area contributed by atoms with Gasteiger partial charge in [-0.25, -0.2) is 13.6 Å². The lowest BCUT2D eigenvalue weighted by molar-refractivity contribution is 0.0941. The van der Waals surface area contributed by atoms with E-state index in [0.29, 0.717) is 10.1 Å². The van der Waals surface area contributed by atoms with Crippen LogP contribution < -0.4 is 10.5 Å². The summed E-state index contributed by atoms with van der Waals surface area (Å²) in [6, 6.07) is 2.71. The number of aliphatic hydroxyl groups excluding tert-OH is 1. The Morgan fingerprint density at radius 1 is 1.33 bits per heavy atom. The van der Waals surface area contributed by atoms with Crippen LogP contribution in [-0.4, -0.2) is 37.8 Å². The quantitative estimate of drug-likeness (QED) is 0.687. The third kappa shape index (κ3) is 5.10. The molecule has 1 fully saturated rings. The minimum Gasteiger partial charge on any atom is -0.395 e. The van der Waals surface area contributed by atoms with Gasteiger partial charge in [-0.05, 0) is 25.0 Å². The van der Waals surface area contributed by atoms with Crippen molar-refractivity contribution >= 4 is 39.3 Å². The van der Waals surface area contributed by atoms with Crippen LogP contribution in [0.4, 0.5) is 0 Å². The lowest BCUT2D eigenvalue weighted by Crippen LogP contribution is -2.27. The first-order valence-electron chi connectivity index (χ1n) is 7.75. The number of nitrogens with one attached hydrogen (secondary N) is 1. The first-order chi connectivity index (χ1) is 11.3. The zero-order valence-corrected chi connectivity index (χ0v) is 15.5. The Balaban J connectivity index is 2.39. The van der Waals surface area contributed by atoms with Crippen molar-refractivity contribution in [2.75, 3.05) is 13.2 Å². The average molecular weight is 393 g/mol. The van der Waals surface area contributed by atoms with Gasteiger partial charge in [-0.2, -0.15) is 0 Å². The number of aliphatic hydroxyl groups is 1. The van der Waals surface area contributed by atoms with Crippen molar-refractivity contribution in [1.82, 2.24) is 5.32 Å². The van der Waals surface area contributed by atoms with E-state index in [0.717, 1.165) is 25.7 Å². The largest absolute Gasteiger partial charge is 0.395 e. The van der Waals surface area contributed by atoms with Crippen LogP contribution in [0.15, 0.2) is 21.9 Å². The zero-order chi connectivity index (χ0) is 17.7. The monoisotopic (exact) mass is 392 g/mol. The Hall–Kier alpha value is -0.800. The number of sulfonamides is 1. The predicted octanol–water partition coefficient (Wildman–Crippen LogP) is 2.13. The summed E-state index contributed by atoms with van der Waals surface area (Å²) < 4.78 is 23.3. The molecule has 0 aromatic heterocycles. The lowest BCUT2D eigenvalue weighted by atomic mass is 10.0. The van der Waals surface area contributed by atoms with Crippen LogP contribution >= 0.6 is 23.4 Å². The molecule has 1 saturated carbocycles. The van der Waals surface area contributed by atoms with E-state index in [1.54, 1.807) is 11.8 Å². The third-order valence-corrected chi connectivity index (χ3v) is 6.60. The van der Waals surface area contributed by atoms with Gasteiger partial charge in [0.25, 0.3) is 5.91 Å². The summed E-state index contributed by atoms with van der Waals surface area (Å²) in [6.45, 7) is -0.119. The van der Waals surface area contributed by atoms with E-state index >= 15 is 0 Å². The Morgan fingerprint density at radius 2 is 2.00 bits per heavy atom. The Kier molecular flexibility index (Phi) is 6.94. The number of amides is 1. The van der Waals surface area contributed by atoms with Crippen molar-refractivity contribution in [2.45, 2.75) is 47.1 Å². The summed E-state index contributed by atoms with van der Waals surface area (Å²) in [6.07, 6.45) is 5.61. The fraction of sp³-hybridized carbons (Fsp3) is 0.533. The number of rotatable bonds is 6. The van der Waals surface area contributed by atoms with Crippen molar-refractivity contribution in [3.8, 4) is 0 Å². The van der Waals surface area contributed by atoms with Crippen molar-refractivity contribution in [2.24, 2.45) is 5.14 Å².